The van der Waals surface area contributed by atoms with Gasteiger partial charge in [-0.2, -0.15) is 0 Å². The minimum Gasteiger partial charge on any atom is -0.489 e. The topological polar surface area (TPSA) is 73.1 Å². The zero-order valence-electron chi connectivity index (χ0n) is 15.0. The highest BCUT2D eigenvalue weighted by Crippen LogP contribution is 2.49. The lowest BCUT2D eigenvalue weighted by Crippen LogP contribution is -2.51. The maximum absolute atomic E-state index is 11.7. The van der Waals surface area contributed by atoms with E-state index in [-0.39, 0.29) is 22.7 Å². The molecule has 2 bridgehead atoms. The number of fused-ring (bicyclic) bond motifs is 4. The van der Waals surface area contributed by atoms with Crippen LogP contribution < -0.4 is 4.74 Å². The molecule has 6 nitrogen and oxygen atoms in total. The fraction of sp³-hybridized carbons (Fsp3) is 0.600. The highest BCUT2D eigenvalue weighted by atomic mass is 16.5. The van der Waals surface area contributed by atoms with Crippen LogP contribution in [0.25, 0.3) is 5.65 Å². The zero-order chi connectivity index (χ0) is 17.9. The molecule has 0 amide bonds. The van der Waals surface area contributed by atoms with E-state index in [0.29, 0.717) is 12.4 Å². The Bertz CT molecular complexity index is 859. The number of imidazole rings is 1. The first-order chi connectivity index (χ1) is 12.5. The van der Waals surface area contributed by atoms with Gasteiger partial charge in [0.2, 0.25) is 0 Å². The van der Waals surface area contributed by atoms with Gasteiger partial charge in [-0.05, 0) is 51.9 Å². The first kappa shape index (κ1) is 16.1. The molecule has 4 fully saturated rings. The summed E-state index contributed by atoms with van der Waals surface area (Å²) in [5.74, 6) is -0.537. The van der Waals surface area contributed by atoms with E-state index in [1.165, 1.54) is 0 Å². The van der Waals surface area contributed by atoms with Crippen molar-refractivity contribution in [3.8, 4) is 5.75 Å². The quantitative estimate of drug-likeness (QED) is 0.907. The third kappa shape index (κ3) is 2.42. The number of pyridine rings is 1. The lowest BCUT2D eigenvalue weighted by atomic mass is 9.65. The third-order valence-corrected chi connectivity index (χ3v) is 6.64. The average Bonchev–Trinajstić information content (AvgIpc) is 3.02. The van der Waals surface area contributed by atoms with Gasteiger partial charge < -0.3 is 19.0 Å². The van der Waals surface area contributed by atoms with E-state index >= 15 is 0 Å². The summed E-state index contributed by atoms with van der Waals surface area (Å²) in [6, 6.07) is 1.78. The number of carboxylic acid groups (broad SMARTS) is 1. The van der Waals surface area contributed by atoms with Gasteiger partial charge in [0.15, 0.2) is 0 Å². The molecule has 138 valence electrons. The van der Waals surface area contributed by atoms with Crippen molar-refractivity contribution < 1.29 is 19.4 Å². The third-order valence-electron chi connectivity index (χ3n) is 6.64. The number of ether oxygens (including phenoxy) is 2. The Morgan fingerprint density at radius 1 is 1.31 bits per heavy atom. The minimum atomic E-state index is -0.968. The summed E-state index contributed by atoms with van der Waals surface area (Å²) >= 11 is 0. The summed E-state index contributed by atoms with van der Waals surface area (Å²) in [6.45, 7) is 2.90. The molecule has 2 aromatic heterocycles. The molecule has 2 aliphatic carbocycles. The molecule has 0 atom stereocenters. The molecule has 2 saturated carbocycles. The summed E-state index contributed by atoms with van der Waals surface area (Å²) in [6.07, 6.45) is 11.1. The fourth-order valence-corrected chi connectivity index (χ4v) is 4.39. The Kier molecular flexibility index (Phi) is 3.38. The van der Waals surface area contributed by atoms with Gasteiger partial charge in [-0.1, -0.05) is 0 Å². The zero-order valence-corrected chi connectivity index (χ0v) is 15.0. The molecule has 4 aliphatic rings. The van der Waals surface area contributed by atoms with Crippen molar-refractivity contribution in [2.24, 2.45) is 0 Å². The lowest BCUT2D eigenvalue weighted by Gasteiger charge is -2.51. The van der Waals surface area contributed by atoms with Crippen molar-refractivity contribution >= 4 is 11.6 Å². The second-order valence-corrected chi connectivity index (χ2v) is 8.44. The van der Waals surface area contributed by atoms with E-state index in [1.54, 1.807) is 12.3 Å². The molecule has 1 N–H and O–H groups in total. The van der Waals surface area contributed by atoms with Gasteiger partial charge in [0, 0.05) is 23.9 Å². The van der Waals surface area contributed by atoms with Crippen molar-refractivity contribution in [3.05, 3.63) is 29.7 Å². The van der Waals surface area contributed by atoms with Crippen LogP contribution in [-0.4, -0.2) is 38.8 Å². The summed E-state index contributed by atoms with van der Waals surface area (Å²) in [5.41, 5.74) is 1.94. The number of rotatable bonds is 4. The predicted molar refractivity (Wildman–Crippen MR) is 94.9 cm³/mol. The molecular weight excluding hydrogens is 332 g/mol. The van der Waals surface area contributed by atoms with Crippen LogP contribution in [0.15, 0.2) is 18.5 Å². The van der Waals surface area contributed by atoms with Crippen LogP contribution in [0.5, 0.6) is 5.75 Å². The van der Waals surface area contributed by atoms with E-state index in [0.717, 1.165) is 56.3 Å². The fourth-order valence-electron chi connectivity index (χ4n) is 4.39. The maximum Gasteiger partial charge on any atom is 0.341 e. The van der Waals surface area contributed by atoms with Crippen LogP contribution in [0.1, 0.15) is 67.9 Å². The summed E-state index contributed by atoms with van der Waals surface area (Å²) < 4.78 is 13.9. The van der Waals surface area contributed by atoms with Gasteiger partial charge in [0.05, 0.1) is 24.0 Å². The number of aromatic nitrogens is 2. The Labute approximate surface area is 152 Å². The van der Waals surface area contributed by atoms with Gasteiger partial charge >= 0.3 is 5.97 Å². The van der Waals surface area contributed by atoms with E-state index in [1.807, 2.05) is 10.6 Å². The Hall–Kier alpha value is -2.08. The van der Waals surface area contributed by atoms with Crippen molar-refractivity contribution in [3.63, 3.8) is 0 Å². The molecule has 2 aliphatic heterocycles. The maximum atomic E-state index is 11.7. The standard InChI is InChI=1S/C20H24N2O4/c1-19-5-7-20(8-6-19,12-25-19)16-11-22-10-14(18(23)24)15(9-17(22)21-16)26-13-3-2-4-13/h9-11,13H,2-8,12H2,1H3,(H,23,24). The lowest BCUT2D eigenvalue weighted by molar-refractivity contribution is -0.146. The van der Waals surface area contributed by atoms with Gasteiger partial charge in [0.25, 0.3) is 0 Å². The van der Waals surface area contributed by atoms with Gasteiger partial charge in [0.1, 0.15) is 17.0 Å². The SMILES string of the molecule is CC12CCC(c3cn4cc(C(=O)O)c(OC5CCC5)cc4n3)(CC1)CO2. The first-order valence-corrected chi connectivity index (χ1v) is 9.54. The molecule has 0 spiro atoms. The van der Waals surface area contributed by atoms with Crippen LogP contribution in [0.2, 0.25) is 0 Å². The molecule has 0 unspecified atom stereocenters. The van der Waals surface area contributed by atoms with Crippen LogP contribution in [0, 0.1) is 0 Å². The van der Waals surface area contributed by atoms with E-state index in [4.69, 9.17) is 14.5 Å². The Morgan fingerprint density at radius 3 is 2.65 bits per heavy atom. The molecule has 2 aromatic rings. The molecule has 6 heteroatoms. The predicted octanol–water partition coefficient (Wildman–Crippen LogP) is 3.56. The number of aromatic carboxylic acids is 1. The van der Waals surface area contributed by atoms with E-state index in [9.17, 15) is 9.90 Å². The summed E-state index contributed by atoms with van der Waals surface area (Å²) in [7, 11) is 0. The van der Waals surface area contributed by atoms with Gasteiger partial charge in [-0.3, -0.25) is 0 Å². The van der Waals surface area contributed by atoms with E-state index < -0.39 is 5.97 Å². The molecule has 2 saturated heterocycles. The smallest absolute Gasteiger partial charge is 0.341 e. The highest BCUT2D eigenvalue weighted by Gasteiger charge is 2.49. The minimum absolute atomic E-state index is 0.0289. The second-order valence-electron chi connectivity index (χ2n) is 8.44. The van der Waals surface area contributed by atoms with Crippen molar-refractivity contribution in [1.82, 2.24) is 9.38 Å². The molecule has 4 heterocycles. The number of hydrogen-bond acceptors (Lipinski definition) is 4. The van der Waals surface area contributed by atoms with E-state index in [2.05, 4.69) is 6.92 Å². The van der Waals surface area contributed by atoms with Crippen molar-refractivity contribution in [2.45, 2.75) is 69.0 Å². The number of carboxylic acids is 1. The summed E-state index contributed by atoms with van der Waals surface area (Å²) in [4.78, 5) is 16.5. The average molecular weight is 356 g/mol. The normalized spacial score (nSPS) is 31.1. The molecule has 0 aromatic carbocycles. The second kappa shape index (κ2) is 5.46. The monoisotopic (exact) mass is 356 g/mol. The van der Waals surface area contributed by atoms with Crippen molar-refractivity contribution in [1.29, 1.82) is 0 Å². The molecule has 6 rings (SSSR count). The van der Waals surface area contributed by atoms with Crippen LogP contribution in [0.4, 0.5) is 0 Å². The Morgan fingerprint density at radius 2 is 2.08 bits per heavy atom. The molecular formula is C20H24N2O4. The van der Waals surface area contributed by atoms with Crippen LogP contribution in [-0.2, 0) is 10.2 Å². The highest BCUT2D eigenvalue weighted by molar-refractivity contribution is 5.91. The Balaban J connectivity index is 1.54. The molecule has 0 radical (unpaired) electrons. The van der Waals surface area contributed by atoms with Crippen molar-refractivity contribution in [2.75, 3.05) is 6.61 Å². The first-order valence-electron chi connectivity index (χ1n) is 9.54. The van der Waals surface area contributed by atoms with Gasteiger partial charge in [-0.15, -0.1) is 0 Å². The van der Waals surface area contributed by atoms with Crippen LogP contribution >= 0.6 is 0 Å². The van der Waals surface area contributed by atoms with Gasteiger partial charge in [-0.25, -0.2) is 9.78 Å². The summed E-state index contributed by atoms with van der Waals surface area (Å²) in [5, 5.41) is 9.58. The van der Waals surface area contributed by atoms with Crippen LogP contribution in [0.3, 0.4) is 0 Å². The molecule has 26 heavy (non-hydrogen) atoms. The largest absolute Gasteiger partial charge is 0.489 e. The number of carbonyl (C=O) groups is 1. The number of hydrogen-bond donors (Lipinski definition) is 1. The number of nitrogens with zero attached hydrogens (tertiary/aromatic N) is 2.